The highest BCUT2D eigenvalue weighted by atomic mass is 16.5. The molecular formula is C36H41N3O6. The summed E-state index contributed by atoms with van der Waals surface area (Å²) < 4.78 is 24.9. The molecule has 2 aromatic heterocycles. The maximum absolute atomic E-state index is 13.7. The van der Waals surface area contributed by atoms with Crippen molar-refractivity contribution in [1.29, 1.82) is 0 Å². The van der Waals surface area contributed by atoms with Crippen molar-refractivity contribution in [3.05, 3.63) is 82.4 Å². The first-order chi connectivity index (χ1) is 21.9. The van der Waals surface area contributed by atoms with E-state index in [0.717, 1.165) is 86.1 Å². The third-order valence-electron chi connectivity index (χ3n) is 9.01. The molecule has 9 nitrogen and oxygen atoms in total. The summed E-state index contributed by atoms with van der Waals surface area (Å²) in [6.45, 7) is 4.25. The van der Waals surface area contributed by atoms with Crippen LogP contribution in [0.5, 0.6) is 17.2 Å². The van der Waals surface area contributed by atoms with Gasteiger partial charge in [-0.3, -0.25) is 14.6 Å². The van der Waals surface area contributed by atoms with Gasteiger partial charge in [0.2, 0.25) is 5.43 Å². The van der Waals surface area contributed by atoms with Crippen molar-refractivity contribution in [2.45, 2.75) is 64.1 Å². The van der Waals surface area contributed by atoms with Crippen LogP contribution in [0, 0.1) is 12.8 Å². The van der Waals surface area contributed by atoms with E-state index in [4.69, 9.17) is 18.9 Å². The molecule has 2 aromatic carbocycles. The van der Waals surface area contributed by atoms with Crippen molar-refractivity contribution >= 4 is 16.8 Å². The summed E-state index contributed by atoms with van der Waals surface area (Å²) in [7, 11) is 3.21. The number of ether oxygens (including phenoxy) is 4. The number of hydrogen-bond acceptors (Lipinski definition) is 7. The van der Waals surface area contributed by atoms with Gasteiger partial charge in [-0.05, 0) is 69.1 Å². The molecule has 1 aliphatic carbocycles. The Morgan fingerprint density at radius 1 is 0.933 bits per heavy atom. The molecule has 45 heavy (non-hydrogen) atoms. The van der Waals surface area contributed by atoms with Crippen molar-refractivity contribution in [3.63, 3.8) is 0 Å². The fourth-order valence-electron chi connectivity index (χ4n) is 6.38. The highest BCUT2D eigenvalue weighted by Crippen LogP contribution is 2.36. The molecular weight excluding hydrogens is 570 g/mol. The summed E-state index contributed by atoms with van der Waals surface area (Å²) in [6, 6.07) is 13.5. The fourth-order valence-corrected chi connectivity index (χ4v) is 6.38. The molecule has 2 fully saturated rings. The maximum atomic E-state index is 13.7. The molecule has 4 aromatic rings. The van der Waals surface area contributed by atoms with Crippen LogP contribution in [-0.4, -0.2) is 55.0 Å². The SMILES string of the molecule is COc1cc2nccc(OC3CCC(NC(=O)c4cn(CC5CCOCC5)cc(-c5ccc(C)cc5)c4=O)CC3)c2cc1OC. The topological polar surface area (TPSA) is 101 Å². The molecule has 1 saturated carbocycles. The lowest BCUT2D eigenvalue weighted by Gasteiger charge is -2.30. The molecule has 0 atom stereocenters. The average Bonchev–Trinajstić information content (AvgIpc) is 3.06. The van der Waals surface area contributed by atoms with E-state index in [1.807, 2.05) is 60.2 Å². The summed E-state index contributed by atoms with van der Waals surface area (Å²) in [5.41, 5.74) is 3.19. The highest BCUT2D eigenvalue weighted by molar-refractivity contribution is 5.95. The Bertz CT molecular complexity index is 1700. The molecule has 0 spiro atoms. The fraction of sp³-hybridized carbons (Fsp3) is 0.417. The Balaban J connectivity index is 1.15. The quantitative estimate of drug-likeness (QED) is 0.250. The zero-order valence-electron chi connectivity index (χ0n) is 26.2. The standard InChI is InChI=1S/C36H41N3O6/c1-23-4-6-25(7-5-23)29-21-39(20-24-13-16-44-17-14-24)22-30(35(29)40)36(41)38-26-8-10-27(11-9-26)45-32-12-15-37-31-19-34(43-3)33(42-2)18-28(31)32/h4-7,12,15,18-19,21-22,24,26-27H,8-11,13-14,16-17,20H2,1-3H3,(H,38,41). The molecule has 9 heteroatoms. The van der Waals surface area contributed by atoms with Gasteiger partial charge in [0, 0.05) is 61.4 Å². The van der Waals surface area contributed by atoms with Crippen LogP contribution in [0.2, 0.25) is 0 Å². The van der Waals surface area contributed by atoms with Crippen LogP contribution in [0.1, 0.15) is 54.4 Å². The number of pyridine rings is 2. The third-order valence-corrected chi connectivity index (χ3v) is 9.01. The average molecular weight is 612 g/mol. The van der Waals surface area contributed by atoms with Crippen molar-refractivity contribution in [3.8, 4) is 28.4 Å². The molecule has 1 amide bonds. The normalized spacial score (nSPS) is 18.8. The second-order valence-corrected chi connectivity index (χ2v) is 12.1. The Morgan fingerprint density at radius 3 is 2.36 bits per heavy atom. The van der Waals surface area contributed by atoms with Crippen LogP contribution in [-0.2, 0) is 11.3 Å². The molecule has 0 bridgehead atoms. The van der Waals surface area contributed by atoms with E-state index in [1.54, 1.807) is 26.6 Å². The van der Waals surface area contributed by atoms with Gasteiger partial charge < -0.3 is 28.8 Å². The first-order valence-corrected chi connectivity index (χ1v) is 15.8. The van der Waals surface area contributed by atoms with E-state index in [9.17, 15) is 9.59 Å². The number of benzene rings is 2. The Hall–Kier alpha value is -4.37. The van der Waals surface area contributed by atoms with Gasteiger partial charge in [-0.1, -0.05) is 29.8 Å². The summed E-state index contributed by atoms with van der Waals surface area (Å²) in [6.07, 6.45) is 10.4. The van der Waals surface area contributed by atoms with E-state index >= 15 is 0 Å². The third kappa shape index (κ3) is 6.99. The Kier molecular flexibility index (Phi) is 9.35. The zero-order valence-corrected chi connectivity index (χ0v) is 26.2. The summed E-state index contributed by atoms with van der Waals surface area (Å²) in [5, 5.41) is 4.03. The number of rotatable bonds is 9. The predicted molar refractivity (Wildman–Crippen MR) is 173 cm³/mol. The van der Waals surface area contributed by atoms with Crippen LogP contribution < -0.4 is 25.0 Å². The molecule has 6 rings (SSSR count). The first-order valence-electron chi connectivity index (χ1n) is 15.8. The molecule has 236 valence electrons. The summed E-state index contributed by atoms with van der Waals surface area (Å²) in [5.74, 6) is 2.10. The van der Waals surface area contributed by atoms with E-state index < -0.39 is 0 Å². The first kappa shape index (κ1) is 30.6. The van der Waals surface area contributed by atoms with Gasteiger partial charge in [-0.2, -0.15) is 0 Å². The maximum Gasteiger partial charge on any atom is 0.256 e. The van der Waals surface area contributed by atoms with Gasteiger partial charge >= 0.3 is 0 Å². The second-order valence-electron chi connectivity index (χ2n) is 12.1. The van der Waals surface area contributed by atoms with Gasteiger partial charge in [0.1, 0.15) is 11.3 Å². The number of nitrogens with zero attached hydrogens (tertiary/aromatic N) is 2. The summed E-state index contributed by atoms with van der Waals surface area (Å²) in [4.78, 5) is 31.8. The second kappa shape index (κ2) is 13.7. The zero-order chi connectivity index (χ0) is 31.3. The van der Waals surface area contributed by atoms with Crippen LogP contribution in [0.3, 0.4) is 0 Å². The number of nitrogens with one attached hydrogen (secondary N) is 1. The number of hydrogen-bond donors (Lipinski definition) is 1. The number of aromatic nitrogens is 2. The number of aryl methyl sites for hydroxylation is 1. The van der Waals surface area contributed by atoms with Crippen LogP contribution in [0.4, 0.5) is 0 Å². The smallest absolute Gasteiger partial charge is 0.256 e. The lowest BCUT2D eigenvalue weighted by molar-refractivity contribution is 0.0611. The molecule has 1 N–H and O–H groups in total. The van der Waals surface area contributed by atoms with Gasteiger partial charge in [0.05, 0.1) is 25.8 Å². The van der Waals surface area contributed by atoms with Crippen LogP contribution in [0.25, 0.3) is 22.0 Å². The van der Waals surface area contributed by atoms with Crippen molar-refractivity contribution in [2.24, 2.45) is 5.92 Å². The molecule has 0 radical (unpaired) electrons. The number of fused-ring (bicyclic) bond motifs is 1. The Labute approximate surface area is 263 Å². The molecule has 1 saturated heterocycles. The largest absolute Gasteiger partial charge is 0.493 e. The molecule has 1 aliphatic heterocycles. The molecule has 2 aliphatic rings. The van der Waals surface area contributed by atoms with Gasteiger partial charge in [0.15, 0.2) is 11.5 Å². The highest BCUT2D eigenvalue weighted by Gasteiger charge is 2.26. The Morgan fingerprint density at radius 2 is 1.64 bits per heavy atom. The van der Waals surface area contributed by atoms with Gasteiger partial charge in [-0.25, -0.2) is 0 Å². The number of methoxy groups -OCH3 is 2. The molecule has 3 heterocycles. The van der Waals surface area contributed by atoms with Crippen molar-refractivity contribution in [1.82, 2.24) is 14.9 Å². The van der Waals surface area contributed by atoms with E-state index in [0.29, 0.717) is 23.0 Å². The van der Waals surface area contributed by atoms with Gasteiger partial charge in [-0.15, -0.1) is 0 Å². The number of carbonyl (C=O) groups excluding carboxylic acids is 1. The minimum atomic E-state index is -0.319. The number of amides is 1. The lowest BCUT2D eigenvalue weighted by atomic mass is 9.92. The van der Waals surface area contributed by atoms with E-state index in [-0.39, 0.29) is 29.0 Å². The van der Waals surface area contributed by atoms with Crippen molar-refractivity contribution in [2.75, 3.05) is 27.4 Å². The predicted octanol–water partition coefficient (Wildman–Crippen LogP) is 5.94. The van der Waals surface area contributed by atoms with Crippen molar-refractivity contribution < 1.29 is 23.7 Å². The van der Waals surface area contributed by atoms with Crippen LogP contribution >= 0.6 is 0 Å². The minimum absolute atomic E-state index is 0.00147. The monoisotopic (exact) mass is 611 g/mol. The lowest BCUT2D eigenvalue weighted by Crippen LogP contribution is -2.41. The van der Waals surface area contributed by atoms with E-state index in [2.05, 4.69) is 10.3 Å². The van der Waals surface area contributed by atoms with E-state index in [1.165, 1.54) is 0 Å². The van der Waals surface area contributed by atoms with Crippen LogP contribution in [0.15, 0.2) is 65.8 Å². The minimum Gasteiger partial charge on any atom is -0.493 e. The van der Waals surface area contributed by atoms with Gasteiger partial charge in [0.25, 0.3) is 5.91 Å². The molecule has 0 unspecified atom stereocenters. The number of carbonyl (C=O) groups is 1. The summed E-state index contributed by atoms with van der Waals surface area (Å²) >= 11 is 0.